The monoisotopic (exact) mass is 349 g/mol. The number of hydrogen-bond donors (Lipinski definition) is 0. The van der Waals surface area contributed by atoms with E-state index in [-0.39, 0.29) is 0 Å². The SMILES string of the molecule is Cc1cc(N(C)C2CN(c3ccc(C4CC4)nn3)C2)n2nc(C)cc2n1. The van der Waals surface area contributed by atoms with E-state index in [4.69, 9.17) is 0 Å². The number of likely N-dealkylation sites (N-methyl/N-ethyl adjacent to an activating group) is 1. The van der Waals surface area contributed by atoms with Crippen molar-refractivity contribution >= 4 is 17.3 Å². The molecule has 7 nitrogen and oxygen atoms in total. The summed E-state index contributed by atoms with van der Waals surface area (Å²) in [5, 5.41) is 13.4. The van der Waals surface area contributed by atoms with Crippen LogP contribution in [0.25, 0.3) is 5.65 Å². The first-order valence-electron chi connectivity index (χ1n) is 9.24. The minimum Gasteiger partial charge on any atom is -0.353 e. The number of fused-ring (bicyclic) bond motifs is 1. The van der Waals surface area contributed by atoms with Gasteiger partial charge in [0.25, 0.3) is 0 Å². The lowest BCUT2D eigenvalue weighted by molar-refractivity contribution is 0.484. The van der Waals surface area contributed by atoms with Gasteiger partial charge in [-0.2, -0.15) is 14.7 Å². The van der Waals surface area contributed by atoms with Crippen LogP contribution in [0.3, 0.4) is 0 Å². The topological polar surface area (TPSA) is 62.5 Å². The van der Waals surface area contributed by atoms with Gasteiger partial charge in [-0.15, -0.1) is 5.10 Å². The molecule has 2 aliphatic rings. The van der Waals surface area contributed by atoms with E-state index in [1.165, 1.54) is 12.8 Å². The van der Waals surface area contributed by atoms with E-state index in [1.807, 2.05) is 24.4 Å². The molecule has 0 amide bonds. The van der Waals surface area contributed by atoms with Crippen LogP contribution in [0.2, 0.25) is 0 Å². The van der Waals surface area contributed by atoms with Crippen LogP contribution in [-0.4, -0.2) is 51.0 Å². The van der Waals surface area contributed by atoms with Crippen LogP contribution in [0, 0.1) is 13.8 Å². The molecule has 1 saturated carbocycles. The van der Waals surface area contributed by atoms with Crippen molar-refractivity contribution in [2.75, 3.05) is 29.9 Å². The molecule has 0 N–H and O–H groups in total. The summed E-state index contributed by atoms with van der Waals surface area (Å²) in [5.74, 6) is 2.71. The third-order valence-electron chi connectivity index (χ3n) is 5.42. The van der Waals surface area contributed by atoms with E-state index in [0.29, 0.717) is 12.0 Å². The maximum Gasteiger partial charge on any atom is 0.157 e. The van der Waals surface area contributed by atoms with Crippen molar-refractivity contribution in [3.63, 3.8) is 0 Å². The Morgan fingerprint density at radius 1 is 1.04 bits per heavy atom. The van der Waals surface area contributed by atoms with Gasteiger partial charge < -0.3 is 9.80 Å². The Hall–Kier alpha value is -2.70. The van der Waals surface area contributed by atoms with Crippen molar-refractivity contribution < 1.29 is 0 Å². The summed E-state index contributed by atoms with van der Waals surface area (Å²) in [6, 6.07) is 8.80. The van der Waals surface area contributed by atoms with Gasteiger partial charge in [0.05, 0.1) is 17.4 Å². The zero-order chi connectivity index (χ0) is 17.8. The quantitative estimate of drug-likeness (QED) is 0.720. The summed E-state index contributed by atoms with van der Waals surface area (Å²) in [4.78, 5) is 9.16. The molecule has 7 heteroatoms. The second-order valence-electron chi connectivity index (χ2n) is 7.57. The fourth-order valence-corrected chi connectivity index (χ4v) is 3.62. The molecule has 0 bridgehead atoms. The maximum atomic E-state index is 4.60. The predicted molar refractivity (Wildman–Crippen MR) is 101 cm³/mol. The van der Waals surface area contributed by atoms with Gasteiger partial charge in [-0.05, 0) is 38.8 Å². The summed E-state index contributed by atoms with van der Waals surface area (Å²) in [6.07, 6.45) is 2.52. The summed E-state index contributed by atoms with van der Waals surface area (Å²) in [7, 11) is 2.13. The molecule has 134 valence electrons. The zero-order valence-corrected chi connectivity index (χ0v) is 15.4. The number of hydrogen-bond acceptors (Lipinski definition) is 6. The molecule has 0 spiro atoms. The van der Waals surface area contributed by atoms with Crippen molar-refractivity contribution in [3.8, 4) is 0 Å². The lowest BCUT2D eigenvalue weighted by Gasteiger charge is -2.45. The van der Waals surface area contributed by atoms with E-state index in [9.17, 15) is 0 Å². The smallest absolute Gasteiger partial charge is 0.157 e. The van der Waals surface area contributed by atoms with Gasteiger partial charge in [0.1, 0.15) is 5.82 Å². The summed E-state index contributed by atoms with van der Waals surface area (Å²) >= 11 is 0. The van der Waals surface area contributed by atoms with Crippen LogP contribution in [0.15, 0.2) is 24.3 Å². The third-order valence-corrected chi connectivity index (χ3v) is 5.42. The Morgan fingerprint density at radius 2 is 1.85 bits per heavy atom. The molecule has 0 unspecified atom stereocenters. The molecule has 2 fully saturated rings. The van der Waals surface area contributed by atoms with E-state index >= 15 is 0 Å². The van der Waals surface area contributed by atoms with Gasteiger partial charge in [0.2, 0.25) is 0 Å². The number of aromatic nitrogens is 5. The van der Waals surface area contributed by atoms with Gasteiger partial charge in [0.15, 0.2) is 11.5 Å². The largest absolute Gasteiger partial charge is 0.353 e. The highest BCUT2D eigenvalue weighted by atomic mass is 15.4. The van der Waals surface area contributed by atoms with Gasteiger partial charge in [0, 0.05) is 43.9 Å². The highest BCUT2D eigenvalue weighted by molar-refractivity contribution is 5.54. The average molecular weight is 349 g/mol. The second kappa shape index (κ2) is 5.65. The molecular formula is C19H23N7. The van der Waals surface area contributed by atoms with Crippen LogP contribution >= 0.6 is 0 Å². The molecule has 4 heterocycles. The van der Waals surface area contributed by atoms with Crippen LogP contribution in [0.4, 0.5) is 11.6 Å². The lowest BCUT2D eigenvalue weighted by atomic mass is 10.1. The van der Waals surface area contributed by atoms with E-state index in [2.05, 4.69) is 55.3 Å². The molecule has 0 aromatic carbocycles. The maximum absolute atomic E-state index is 4.60. The Kier molecular flexibility index (Phi) is 3.38. The van der Waals surface area contributed by atoms with E-state index < -0.39 is 0 Å². The minimum absolute atomic E-state index is 0.425. The van der Waals surface area contributed by atoms with Crippen molar-refractivity contribution in [1.29, 1.82) is 0 Å². The molecule has 26 heavy (non-hydrogen) atoms. The van der Waals surface area contributed by atoms with Crippen LogP contribution in [0.1, 0.15) is 35.8 Å². The molecule has 1 saturated heterocycles. The van der Waals surface area contributed by atoms with Crippen molar-refractivity contribution in [1.82, 2.24) is 24.8 Å². The normalized spacial score (nSPS) is 17.6. The summed E-state index contributed by atoms with van der Waals surface area (Å²) in [5.41, 5.74) is 4.05. The first-order valence-corrected chi connectivity index (χ1v) is 9.24. The highest BCUT2D eigenvalue weighted by Gasteiger charge is 2.33. The lowest BCUT2D eigenvalue weighted by Crippen LogP contribution is -2.59. The van der Waals surface area contributed by atoms with Gasteiger partial charge >= 0.3 is 0 Å². The first kappa shape index (κ1) is 15.5. The number of anilines is 2. The van der Waals surface area contributed by atoms with Crippen molar-refractivity contribution in [2.24, 2.45) is 0 Å². The van der Waals surface area contributed by atoms with Gasteiger partial charge in [-0.25, -0.2) is 4.98 Å². The van der Waals surface area contributed by atoms with Crippen LogP contribution in [-0.2, 0) is 0 Å². The summed E-state index contributed by atoms with van der Waals surface area (Å²) in [6.45, 7) is 5.92. The third kappa shape index (κ3) is 2.58. The Morgan fingerprint density at radius 3 is 2.54 bits per heavy atom. The average Bonchev–Trinajstić information content (AvgIpc) is 3.35. The Labute approximate surface area is 152 Å². The van der Waals surface area contributed by atoms with Crippen LogP contribution in [0.5, 0.6) is 0 Å². The molecule has 0 atom stereocenters. The molecule has 1 aliphatic heterocycles. The molecule has 3 aromatic heterocycles. The Balaban J connectivity index is 1.32. The predicted octanol–water partition coefficient (Wildman–Crippen LogP) is 2.34. The number of rotatable bonds is 4. The molecule has 1 aliphatic carbocycles. The molecule has 5 rings (SSSR count). The fourth-order valence-electron chi connectivity index (χ4n) is 3.62. The number of nitrogens with zero attached hydrogens (tertiary/aromatic N) is 7. The number of aryl methyl sites for hydroxylation is 2. The zero-order valence-electron chi connectivity index (χ0n) is 15.4. The molecule has 0 radical (unpaired) electrons. The molecule has 3 aromatic rings. The first-order chi connectivity index (χ1) is 12.6. The summed E-state index contributed by atoms with van der Waals surface area (Å²) < 4.78 is 1.94. The van der Waals surface area contributed by atoms with E-state index in [0.717, 1.165) is 47.5 Å². The van der Waals surface area contributed by atoms with Gasteiger partial charge in [-0.3, -0.25) is 0 Å². The van der Waals surface area contributed by atoms with Crippen molar-refractivity contribution in [3.05, 3.63) is 41.3 Å². The standard InChI is InChI=1S/C19H23N7/c1-12-9-19(26-18(20-12)8-13(2)23-26)24(3)15-10-25(11-15)17-7-6-16(21-22-17)14-4-5-14/h6-9,14-15H,4-5,10-11H2,1-3H3. The second-order valence-corrected chi connectivity index (χ2v) is 7.57. The minimum atomic E-state index is 0.425. The van der Waals surface area contributed by atoms with Crippen molar-refractivity contribution in [2.45, 2.75) is 38.6 Å². The fraction of sp³-hybridized carbons (Fsp3) is 0.474. The van der Waals surface area contributed by atoms with Crippen LogP contribution < -0.4 is 9.80 Å². The molecular weight excluding hydrogens is 326 g/mol. The Bertz CT molecular complexity index is 952. The van der Waals surface area contributed by atoms with Gasteiger partial charge in [-0.1, -0.05) is 0 Å². The van der Waals surface area contributed by atoms with E-state index in [1.54, 1.807) is 0 Å². The highest BCUT2D eigenvalue weighted by Crippen LogP contribution is 2.39.